The molecule has 13 nitrogen and oxygen atoms in total. The highest BCUT2D eigenvalue weighted by atomic mass is 32.2. The number of anilines is 1. The summed E-state index contributed by atoms with van der Waals surface area (Å²) in [6.07, 6.45) is 2.30. The first-order valence-corrected chi connectivity index (χ1v) is 20.3. The van der Waals surface area contributed by atoms with Crippen LogP contribution in [0.3, 0.4) is 0 Å². The fourth-order valence-electron chi connectivity index (χ4n) is 7.47. The van der Waals surface area contributed by atoms with Gasteiger partial charge in [-0.2, -0.15) is 0 Å². The zero-order chi connectivity index (χ0) is 41.5. The van der Waals surface area contributed by atoms with Gasteiger partial charge in [-0.25, -0.2) is 13.1 Å². The van der Waals surface area contributed by atoms with E-state index in [2.05, 4.69) is 10.0 Å². The number of amides is 4. The molecule has 0 aromatic heterocycles. The molecule has 0 spiro atoms. The van der Waals surface area contributed by atoms with Crippen molar-refractivity contribution in [2.24, 2.45) is 29.1 Å². The Morgan fingerprint density at radius 3 is 2.00 bits per heavy atom. The van der Waals surface area contributed by atoms with Gasteiger partial charge in [-0.1, -0.05) is 61.5 Å². The van der Waals surface area contributed by atoms with E-state index in [0.717, 1.165) is 0 Å². The van der Waals surface area contributed by atoms with Crippen LogP contribution in [0.25, 0.3) is 0 Å². The average Bonchev–Trinajstić information content (AvgIpc) is 3.53. The molecule has 0 aliphatic carbocycles. The minimum absolute atomic E-state index is 0.0188. The summed E-state index contributed by atoms with van der Waals surface area (Å²) in [7, 11) is 2.67. The fourth-order valence-corrected chi connectivity index (χ4v) is 8.54. The third-order valence-corrected chi connectivity index (χ3v) is 11.7. The smallest absolute Gasteiger partial charge is 0.264 e. The molecular weight excluding hydrogens is 711 g/mol. The quantitative estimate of drug-likeness (QED) is 0.213. The average molecular weight is 776 g/mol. The third kappa shape index (κ3) is 11.9. The van der Waals surface area contributed by atoms with Crippen molar-refractivity contribution < 1.29 is 37.1 Å². The fraction of sp³-hybridized carbons (Fsp3) is 0.675. The number of Topliss-reactive ketones (excluding diaryl/α,β-unsaturated/α-hetero) is 1. The molecule has 1 fully saturated rings. The number of methoxy groups -OCH3 is 1. The third-order valence-electron chi connectivity index (χ3n) is 10.3. The van der Waals surface area contributed by atoms with Crippen LogP contribution in [0.5, 0.6) is 0 Å². The Morgan fingerprint density at radius 1 is 0.963 bits per heavy atom. The molecule has 6 atom stereocenters. The van der Waals surface area contributed by atoms with Crippen molar-refractivity contribution in [2.45, 2.75) is 118 Å². The predicted molar refractivity (Wildman–Crippen MR) is 211 cm³/mol. The van der Waals surface area contributed by atoms with Gasteiger partial charge < -0.3 is 19.9 Å². The standard InChI is InChI=1S/C40H65N5O8S/c1-24(2)33(44(13)39(50)31(40(8,9)10)23-34(47)35(25(3)4)43(11)12)22-26(5)38(49)45-21-15-16-32(45)36(53-14)27(6)37(48)42-54(51,52)30-19-17-29(18-20-30)41-28(7)46/h17-20,22,24-25,27,31-33,35-36H,15-16,21,23H2,1-14H3,(H,41,46)(H,42,48)/b26-22+/t27-,31-,32+,33-,35+,36-/m1/s1. The van der Waals surface area contributed by atoms with Crippen LogP contribution in [0, 0.1) is 29.1 Å². The summed E-state index contributed by atoms with van der Waals surface area (Å²) in [5.74, 6) is -2.99. The maximum atomic E-state index is 14.2. The van der Waals surface area contributed by atoms with Gasteiger partial charge in [0.05, 0.1) is 35.0 Å². The number of likely N-dealkylation sites (tertiary alicyclic amines) is 1. The van der Waals surface area contributed by atoms with Gasteiger partial charge in [0.15, 0.2) is 5.78 Å². The Hall–Kier alpha value is -3.62. The molecule has 2 N–H and O–H groups in total. The first-order valence-electron chi connectivity index (χ1n) is 18.8. The van der Waals surface area contributed by atoms with Gasteiger partial charge in [0.1, 0.15) is 0 Å². The first kappa shape index (κ1) is 46.5. The van der Waals surface area contributed by atoms with Crippen molar-refractivity contribution in [1.82, 2.24) is 19.4 Å². The molecule has 0 bridgehead atoms. The molecule has 14 heteroatoms. The van der Waals surface area contributed by atoms with E-state index < -0.39 is 51.4 Å². The van der Waals surface area contributed by atoms with Gasteiger partial charge in [-0.3, -0.25) is 28.9 Å². The lowest BCUT2D eigenvalue weighted by molar-refractivity contribution is -0.143. The molecule has 304 valence electrons. The molecule has 2 rings (SSSR count). The summed E-state index contributed by atoms with van der Waals surface area (Å²) in [5.41, 5.74) is 0.340. The van der Waals surface area contributed by atoms with Gasteiger partial charge in [-0.05, 0) is 75.4 Å². The van der Waals surface area contributed by atoms with E-state index in [1.807, 2.05) is 67.5 Å². The Bertz CT molecular complexity index is 1620. The minimum atomic E-state index is -4.24. The lowest BCUT2D eigenvalue weighted by Gasteiger charge is -2.38. The Labute approximate surface area is 323 Å². The summed E-state index contributed by atoms with van der Waals surface area (Å²) in [6.45, 7) is 18.9. The van der Waals surface area contributed by atoms with Crippen LogP contribution in [-0.4, -0.2) is 112 Å². The molecule has 54 heavy (non-hydrogen) atoms. The van der Waals surface area contributed by atoms with E-state index in [1.165, 1.54) is 38.3 Å². The van der Waals surface area contributed by atoms with Crippen LogP contribution in [0.1, 0.15) is 88.5 Å². The number of carbonyl (C=O) groups is 5. The lowest BCUT2D eigenvalue weighted by atomic mass is 9.75. The molecule has 1 aromatic rings. The van der Waals surface area contributed by atoms with Crippen LogP contribution in [0.2, 0.25) is 0 Å². The topological polar surface area (TPSA) is 162 Å². The molecule has 1 aromatic carbocycles. The Morgan fingerprint density at radius 2 is 1.54 bits per heavy atom. The van der Waals surface area contributed by atoms with Crippen molar-refractivity contribution in [3.63, 3.8) is 0 Å². The van der Waals surface area contributed by atoms with Crippen LogP contribution in [0.4, 0.5) is 5.69 Å². The lowest BCUT2D eigenvalue weighted by Crippen LogP contribution is -2.51. The number of benzene rings is 1. The van der Waals surface area contributed by atoms with Gasteiger partial charge in [0, 0.05) is 51.2 Å². The van der Waals surface area contributed by atoms with Gasteiger partial charge in [-0.15, -0.1) is 0 Å². The predicted octanol–water partition coefficient (Wildman–Crippen LogP) is 4.73. The molecule has 4 amide bonds. The number of ether oxygens (including phenoxy) is 1. The number of nitrogens with zero attached hydrogens (tertiary/aromatic N) is 3. The summed E-state index contributed by atoms with van der Waals surface area (Å²) >= 11 is 0. The van der Waals surface area contributed by atoms with Crippen LogP contribution >= 0.6 is 0 Å². The first-order chi connectivity index (χ1) is 24.8. The molecule has 1 saturated heterocycles. The Kier molecular flexibility index (Phi) is 16.6. The second kappa shape index (κ2) is 19.3. The van der Waals surface area contributed by atoms with Crippen LogP contribution in [0.15, 0.2) is 40.8 Å². The number of nitrogens with one attached hydrogen (secondary N) is 2. The number of sulfonamides is 1. The summed E-state index contributed by atoms with van der Waals surface area (Å²) in [6, 6.07) is 4.16. The van der Waals surface area contributed by atoms with Crippen LogP contribution in [-0.2, 0) is 38.7 Å². The summed E-state index contributed by atoms with van der Waals surface area (Å²) in [4.78, 5) is 71.6. The number of rotatable bonds is 17. The van der Waals surface area contributed by atoms with E-state index >= 15 is 0 Å². The van der Waals surface area contributed by atoms with Crippen molar-refractivity contribution in [3.05, 3.63) is 35.9 Å². The van der Waals surface area contributed by atoms with Crippen molar-refractivity contribution in [1.29, 1.82) is 0 Å². The second-order valence-corrected chi connectivity index (χ2v) is 18.3. The normalized spacial score (nSPS) is 18.3. The molecule has 1 heterocycles. The Balaban J connectivity index is 2.30. The highest BCUT2D eigenvalue weighted by Crippen LogP contribution is 2.34. The highest BCUT2D eigenvalue weighted by Gasteiger charge is 2.42. The number of hydrogen-bond acceptors (Lipinski definition) is 9. The van der Waals surface area contributed by atoms with Gasteiger partial charge in [0.25, 0.3) is 10.0 Å². The van der Waals surface area contributed by atoms with E-state index in [0.29, 0.717) is 30.6 Å². The maximum Gasteiger partial charge on any atom is 0.264 e. The van der Waals surface area contributed by atoms with E-state index in [1.54, 1.807) is 36.8 Å². The largest absolute Gasteiger partial charge is 0.378 e. The molecular formula is C40H65N5O8S. The number of ketones is 1. The summed E-state index contributed by atoms with van der Waals surface area (Å²) in [5, 5.41) is 2.56. The minimum Gasteiger partial charge on any atom is -0.378 e. The van der Waals surface area contributed by atoms with E-state index in [4.69, 9.17) is 4.74 Å². The number of hydrogen-bond donors (Lipinski definition) is 2. The van der Waals surface area contributed by atoms with Crippen molar-refractivity contribution in [2.75, 3.05) is 40.1 Å². The zero-order valence-electron chi connectivity index (χ0n) is 34.8. The molecule has 0 saturated carbocycles. The molecule has 1 aliphatic heterocycles. The SMILES string of the molecule is CO[C@H]([C@@H](C)C(=O)NS(=O)(=O)c1ccc(NC(C)=O)cc1)[C@@H]1CCCN1C(=O)/C(C)=C/[C@H](C(C)C)N(C)C(=O)[C@@H](CC(=O)[C@H](C(C)C)N(C)C)C(C)(C)C. The van der Waals surface area contributed by atoms with E-state index in [-0.39, 0.29) is 52.7 Å². The number of likely N-dealkylation sites (N-methyl/N-ethyl adjacent to an activating group) is 2. The van der Waals surface area contributed by atoms with Gasteiger partial charge >= 0.3 is 0 Å². The zero-order valence-corrected chi connectivity index (χ0v) is 35.7. The summed E-state index contributed by atoms with van der Waals surface area (Å²) < 4.78 is 34.1. The van der Waals surface area contributed by atoms with Crippen molar-refractivity contribution >= 4 is 45.1 Å². The number of carbonyl (C=O) groups excluding carboxylic acids is 5. The maximum absolute atomic E-state index is 14.2. The van der Waals surface area contributed by atoms with Crippen molar-refractivity contribution in [3.8, 4) is 0 Å². The van der Waals surface area contributed by atoms with E-state index in [9.17, 15) is 32.4 Å². The molecule has 0 unspecified atom stereocenters. The molecule has 1 aliphatic rings. The highest BCUT2D eigenvalue weighted by molar-refractivity contribution is 7.90. The monoisotopic (exact) mass is 775 g/mol. The molecule has 0 radical (unpaired) electrons. The van der Waals surface area contributed by atoms with Crippen LogP contribution < -0.4 is 10.0 Å². The van der Waals surface area contributed by atoms with Gasteiger partial charge in [0.2, 0.25) is 23.6 Å². The second-order valence-electron chi connectivity index (χ2n) is 16.6.